The lowest BCUT2D eigenvalue weighted by Gasteiger charge is -2.01. The Balaban J connectivity index is 2.57. The minimum absolute atomic E-state index is 0.0532. The second-order valence-corrected chi connectivity index (χ2v) is 2.43. The number of aromatic nitrogens is 1. The van der Waals surface area contributed by atoms with E-state index in [0.29, 0.717) is 0 Å². The molecule has 0 saturated carbocycles. The van der Waals surface area contributed by atoms with E-state index in [0.717, 1.165) is 6.39 Å². The van der Waals surface area contributed by atoms with Crippen molar-refractivity contribution in [2.45, 2.75) is 12.5 Å². The molecule has 4 nitrogen and oxygen atoms in total. The summed E-state index contributed by atoms with van der Waals surface area (Å²) in [6.07, 6.45) is 2.41. The van der Waals surface area contributed by atoms with Crippen molar-refractivity contribution in [3.63, 3.8) is 0 Å². The summed E-state index contributed by atoms with van der Waals surface area (Å²) in [6, 6.07) is 0. The molecule has 1 aromatic rings. The van der Waals surface area contributed by atoms with Crippen molar-refractivity contribution in [3.8, 4) is 0 Å². The number of ether oxygens (including phenoxy) is 1. The Morgan fingerprint density at radius 1 is 1.91 bits per heavy atom. The van der Waals surface area contributed by atoms with Gasteiger partial charge in [-0.05, 0) is 6.92 Å². The lowest BCUT2D eigenvalue weighted by Crippen LogP contribution is -2.08. The van der Waals surface area contributed by atoms with Gasteiger partial charge in [0.25, 0.3) is 0 Å². The first-order chi connectivity index (χ1) is 5.20. The van der Waals surface area contributed by atoms with Crippen LogP contribution in [0.1, 0.15) is 17.5 Å². The third kappa shape index (κ3) is 2.23. The van der Waals surface area contributed by atoms with Gasteiger partial charge in [-0.3, -0.25) is 0 Å². The predicted octanol–water partition coefficient (Wildman–Crippen LogP) is 1.42. The maximum absolute atomic E-state index is 10.9. The zero-order valence-corrected chi connectivity index (χ0v) is 6.54. The Hall–Kier alpha value is -1.03. The van der Waals surface area contributed by atoms with Crippen LogP contribution in [0.2, 0.25) is 0 Å². The molecule has 0 bridgehead atoms. The van der Waals surface area contributed by atoms with Gasteiger partial charge >= 0.3 is 5.97 Å². The van der Waals surface area contributed by atoms with Gasteiger partial charge in [-0.2, -0.15) is 0 Å². The largest absolute Gasteiger partial charge is 0.440 e. The lowest BCUT2D eigenvalue weighted by molar-refractivity contribution is 0.0435. The standard InChI is InChI=1S/C6H6ClNO3/c1-4(7)11-6(9)5-2-8-3-10-5/h2-4H,1H3. The van der Waals surface area contributed by atoms with Gasteiger partial charge in [-0.15, -0.1) is 0 Å². The van der Waals surface area contributed by atoms with Crippen molar-refractivity contribution in [1.29, 1.82) is 0 Å². The summed E-state index contributed by atoms with van der Waals surface area (Å²) >= 11 is 5.38. The van der Waals surface area contributed by atoms with Gasteiger partial charge in [0.15, 0.2) is 12.0 Å². The van der Waals surface area contributed by atoms with Crippen molar-refractivity contribution in [2.24, 2.45) is 0 Å². The number of esters is 1. The summed E-state index contributed by atoms with van der Waals surface area (Å²) in [5.74, 6) is -0.553. The second-order valence-electron chi connectivity index (χ2n) is 1.81. The van der Waals surface area contributed by atoms with E-state index in [1.54, 1.807) is 0 Å². The van der Waals surface area contributed by atoms with Crippen LogP contribution in [0, 0.1) is 0 Å². The molecule has 11 heavy (non-hydrogen) atoms. The minimum Gasteiger partial charge on any atom is -0.440 e. The zero-order chi connectivity index (χ0) is 8.27. The maximum Gasteiger partial charge on any atom is 0.377 e. The first-order valence-electron chi connectivity index (χ1n) is 2.93. The number of oxazole rings is 1. The number of hydrogen-bond donors (Lipinski definition) is 0. The topological polar surface area (TPSA) is 52.3 Å². The highest BCUT2D eigenvalue weighted by Crippen LogP contribution is 2.04. The maximum atomic E-state index is 10.9. The fraction of sp³-hybridized carbons (Fsp3) is 0.333. The van der Waals surface area contributed by atoms with Crippen molar-refractivity contribution in [2.75, 3.05) is 0 Å². The summed E-state index contributed by atoms with van der Waals surface area (Å²) in [4.78, 5) is 14.4. The van der Waals surface area contributed by atoms with E-state index in [4.69, 9.17) is 11.6 Å². The monoisotopic (exact) mass is 175 g/mol. The first-order valence-corrected chi connectivity index (χ1v) is 3.37. The summed E-state index contributed by atoms with van der Waals surface area (Å²) in [6.45, 7) is 1.54. The van der Waals surface area contributed by atoms with E-state index in [1.165, 1.54) is 13.1 Å². The zero-order valence-electron chi connectivity index (χ0n) is 5.78. The summed E-state index contributed by atoms with van der Waals surface area (Å²) in [5.41, 5.74) is -0.660. The number of halogens is 1. The van der Waals surface area contributed by atoms with Gasteiger partial charge < -0.3 is 9.15 Å². The third-order valence-electron chi connectivity index (χ3n) is 0.903. The van der Waals surface area contributed by atoms with Gasteiger partial charge in [0.2, 0.25) is 5.76 Å². The van der Waals surface area contributed by atoms with Crippen LogP contribution in [0.5, 0.6) is 0 Å². The molecule has 1 unspecified atom stereocenters. The summed E-state index contributed by atoms with van der Waals surface area (Å²) in [5, 5.41) is 0. The highest BCUT2D eigenvalue weighted by molar-refractivity contribution is 6.20. The van der Waals surface area contributed by atoms with Crippen LogP contribution in [0.4, 0.5) is 0 Å². The Labute approximate surface area is 68.1 Å². The number of nitrogens with zero attached hydrogens (tertiary/aromatic N) is 1. The van der Waals surface area contributed by atoms with Crippen LogP contribution in [0.15, 0.2) is 17.0 Å². The van der Waals surface area contributed by atoms with Crippen molar-refractivity contribution in [1.82, 2.24) is 4.98 Å². The highest BCUT2D eigenvalue weighted by Gasteiger charge is 2.12. The van der Waals surface area contributed by atoms with Crippen LogP contribution in [-0.2, 0) is 4.74 Å². The lowest BCUT2D eigenvalue weighted by atomic mass is 10.5. The Bertz CT molecular complexity index is 232. The molecular weight excluding hydrogens is 170 g/mol. The van der Waals surface area contributed by atoms with Crippen LogP contribution in [0.3, 0.4) is 0 Å². The molecule has 0 spiro atoms. The smallest absolute Gasteiger partial charge is 0.377 e. The predicted molar refractivity (Wildman–Crippen MR) is 37.2 cm³/mol. The highest BCUT2D eigenvalue weighted by atomic mass is 35.5. The molecule has 60 valence electrons. The number of alkyl halides is 1. The molecular formula is C6H6ClNO3. The fourth-order valence-corrected chi connectivity index (χ4v) is 0.603. The Kier molecular flexibility index (Phi) is 2.48. The Morgan fingerprint density at radius 3 is 3.09 bits per heavy atom. The van der Waals surface area contributed by atoms with Gasteiger partial charge in [0.05, 0.1) is 6.20 Å². The van der Waals surface area contributed by atoms with Crippen LogP contribution < -0.4 is 0 Å². The van der Waals surface area contributed by atoms with Gasteiger partial charge in [-0.1, -0.05) is 11.6 Å². The van der Waals surface area contributed by atoms with Crippen molar-refractivity contribution in [3.05, 3.63) is 18.4 Å². The van der Waals surface area contributed by atoms with Crippen molar-refractivity contribution < 1.29 is 13.9 Å². The number of carbonyl (C=O) groups excluding carboxylic acids is 1. The van der Waals surface area contributed by atoms with Crippen LogP contribution >= 0.6 is 11.6 Å². The first kappa shape index (κ1) is 8.07. The molecule has 0 aliphatic heterocycles. The molecule has 1 heterocycles. The third-order valence-corrected chi connectivity index (χ3v) is 0.992. The van der Waals surface area contributed by atoms with E-state index in [2.05, 4.69) is 14.1 Å². The second kappa shape index (κ2) is 3.39. The van der Waals surface area contributed by atoms with Gasteiger partial charge in [0.1, 0.15) is 0 Å². The van der Waals surface area contributed by atoms with Gasteiger partial charge in [0, 0.05) is 0 Å². The van der Waals surface area contributed by atoms with E-state index in [1.807, 2.05) is 0 Å². The SMILES string of the molecule is CC(Cl)OC(=O)c1cnco1. The quantitative estimate of drug-likeness (QED) is 0.504. The average molecular weight is 176 g/mol. The molecule has 0 fully saturated rings. The molecule has 1 rings (SSSR count). The van der Waals surface area contributed by atoms with E-state index in [9.17, 15) is 4.79 Å². The van der Waals surface area contributed by atoms with Gasteiger partial charge in [-0.25, -0.2) is 9.78 Å². The molecule has 1 aromatic heterocycles. The summed E-state index contributed by atoms with van der Waals surface area (Å²) < 4.78 is 9.24. The van der Waals surface area contributed by atoms with Crippen LogP contribution in [0.25, 0.3) is 0 Å². The molecule has 0 aliphatic rings. The van der Waals surface area contributed by atoms with E-state index >= 15 is 0 Å². The number of rotatable bonds is 2. The van der Waals surface area contributed by atoms with Crippen LogP contribution in [-0.4, -0.2) is 16.5 Å². The average Bonchev–Trinajstić information content (AvgIpc) is 2.35. The molecule has 1 atom stereocenters. The fourth-order valence-electron chi connectivity index (χ4n) is 0.522. The number of hydrogen-bond acceptors (Lipinski definition) is 4. The molecule has 5 heteroatoms. The minimum atomic E-state index is -0.660. The normalized spacial score (nSPS) is 12.5. The summed E-state index contributed by atoms with van der Waals surface area (Å²) in [7, 11) is 0. The Morgan fingerprint density at radius 2 is 2.64 bits per heavy atom. The van der Waals surface area contributed by atoms with E-state index in [-0.39, 0.29) is 5.76 Å². The number of carbonyl (C=O) groups is 1. The molecule has 0 saturated heterocycles. The molecule has 0 aromatic carbocycles. The molecule has 0 aliphatic carbocycles. The molecule has 0 N–H and O–H groups in total. The van der Waals surface area contributed by atoms with Crippen molar-refractivity contribution >= 4 is 17.6 Å². The molecule has 0 amide bonds. The molecule has 0 radical (unpaired) electrons. The van der Waals surface area contributed by atoms with E-state index < -0.39 is 11.5 Å².